The number of allylic oxidation sites excluding steroid dienone is 2. The van der Waals surface area contributed by atoms with Crippen LogP contribution in [0.4, 0.5) is 5.69 Å². The van der Waals surface area contributed by atoms with Gasteiger partial charge >= 0.3 is 0 Å². The van der Waals surface area contributed by atoms with Crippen LogP contribution in [0, 0.1) is 5.41 Å². The number of piperidine rings is 1. The number of nitrogens with zero attached hydrogens (tertiary/aromatic N) is 2. The van der Waals surface area contributed by atoms with Gasteiger partial charge in [-0.1, -0.05) is 26.0 Å². The summed E-state index contributed by atoms with van der Waals surface area (Å²) in [6.07, 6.45) is 8.03. The SMILES string of the molecule is CN1C(C)(C)CC(NCCN2CCOCC2)(c2ccc(N)c(C3=CCC(C)(C)CC3)c2)CC1(C)C. The van der Waals surface area contributed by atoms with E-state index in [1.54, 1.807) is 0 Å². The number of benzene rings is 1. The molecule has 2 heterocycles. The van der Waals surface area contributed by atoms with Gasteiger partial charge in [0.15, 0.2) is 0 Å². The Morgan fingerprint density at radius 1 is 1.00 bits per heavy atom. The van der Waals surface area contributed by atoms with Crippen LogP contribution in [-0.4, -0.2) is 67.3 Å². The highest BCUT2D eigenvalue weighted by atomic mass is 16.5. The van der Waals surface area contributed by atoms with E-state index in [1.807, 2.05) is 0 Å². The van der Waals surface area contributed by atoms with Gasteiger partial charge in [-0.3, -0.25) is 9.80 Å². The molecule has 0 radical (unpaired) electrons. The number of likely N-dealkylation sites (tertiary alicyclic amines) is 1. The van der Waals surface area contributed by atoms with Gasteiger partial charge in [0.2, 0.25) is 0 Å². The van der Waals surface area contributed by atoms with E-state index in [0.29, 0.717) is 5.41 Å². The molecule has 3 aliphatic rings. The van der Waals surface area contributed by atoms with E-state index in [2.05, 4.69) is 88.0 Å². The highest BCUT2D eigenvalue weighted by Crippen LogP contribution is 2.48. The Bertz CT molecular complexity index is 908. The lowest BCUT2D eigenvalue weighted by atomic mass is 9.66. The summed E-state index contributed by atoms with van der Waals surface area (Å²) in [7, 11) is 2.29. The smallest absolute Gasteiger partial charge is 0.0594 e. The van der Waals surface area contributed by atoms with E-state index < -0.39 is 0 Å². The molecular formula is C30H50N4O. The second-order valence-electron chi connectivity index (χ2n) is 13.4. The van der Waals surface area contributed by atoms with Crippen molar-refractivity contribution in [2.75, 3.05) is 52.2 Å². The summed E-state index contributed by atoms with van der Waals surface area (Å²) in [4.78, 5) is 5.10. The average molecular weight is 483 g/mol. The summed E-state index contributed by atoms with van der Waals surface area (Å²) in [6.45, 7) is 20.1. The molecule has 2 aliphatic heterocycles. The van der Waals surface area contributed by atoms with Gasteiger partial charge in [-0.2, -0.15) is 0 Å². The molecule has 0 saturated carbocycles. The molecule has 5 heteroatoms. The van der Waals surface area contributed by atoms with E-state index >= 15 is 0 Å². The number of morpholine rings is 1. The topological polar surface area (TPSA) is 53.8 Å². The summed E-state index contributed by atoms with van der Waals surface area (Å²) in [5.74, 6) is 0. The number of hydrogen-bond acceptors (Lipinski definition) is 5. The molecule has 2 fully saturated rings. The molecule has 0 amide bonds. The summed E-state index contributed by atoms with van der Waals surface area (Å²) < 4.78 is 5.56. The molecule has 1 aromatic carbocycles. The fourth-order valence-electron chi connectivity index (χ4n) is 6.76. The molecule has 4 rings (SSSR count). The van der Waals surface area contributed by atoms with E-state index in [-0.39, 0.29) is 16.6 Å². The number of nitrogens with one attached hydrogen (secondary N) is 1. The Balaban J connectivity index is 1.67. The molecule has 0 spiro atoms. The minimum atomic E-state index is -0.0945. The fraction of sp³-hybridized carbons (Fsp3) is 0.733. The molecule has 1 aromatic rings. The minimum absolute atomic E-state index is 0.0728. The maximum atomic E-state index is 6.60. The van der Waals surface area contributed by atoms with Crippen LogP contribution < -0.4 is 11.1 Å². The van der Waals surface area contributed by atoms with Gasteiger partial charge in [0.05, 0.1) is 13.2 Å². The Kier molecular flexibility index (Phi) is 7.47. The zero-order valence-corrected chi connectivity index (χ0v) is 23.5. The van der Waals surface area contributed by atoms with Gasteiger partial charge in [-0.15, -0.1) is 0 Å². The van der Waals surface area contributed by atoms with Gasteiger partial charge in [0, 0.05) is 54.0 Å². The Morgan fingerprint density at radius 3 is 2.26 bits per heavy atom. The molecule has 0 bridgehead atoms. The maximum Gasteiger partial charge on any atom is 0.0594 e. The first-order chi connectivity index (χ1) is 16.3. The van der Waals surface area contributed by atoms with E-state index in [0.717, 1.165) is 70.8 Å². The van der Waals surface area contributed by atoms with E-state index in [1.165, 1.54) is 23.1 Å². The van der Waals surface area contributed by atoms with Crippen molar-refractivity contribution in [3.8, 4) is 0 Å². The quantitative estimate of drug-likeness (QED) is 0.542. The van der Waals surface area contributed by atoms with Crippen molar-refractivity contribution in [2.24, 2.45) is 5.41 Å². The molecular weight excluding hydrogens is 432 g/mol. The number of rotatable bonds is 6. The van der Waals surface area contributed by atoms with Crippen LogP contribution >= 0.6 is 0 Å². The summed E-state index contributed by atoms with van der Waals surface area (Å²) >= 11 is 0. The first kappa shape index (κ1) is 26.7. The zero-order chi connectivity index (χ0) is 25.5. The molecule has 1 aliphatic carbocycles. The van der Waals surface area contributed by atoms with Crippen molar-refractivity contribution in [3.05, 3.63) is 35.4 Å². The largest absolute Gasteiger partial charge is 0.398 e. The number of hydrogen-bond donors (Lipinski definition) is 2. The predicted molar refractivity (Wildman–Crippen MR) is 149 cm³/mol. The van der Waals surface area contributed by atoms with Crippen molar-refractivity contribution >= 4 is 11.3 Å². The lowest BCUT2D eigenvalue weighted by Crippen LogP contribution is -2.66. The molecule has 0 aromatic heterocycles. The molecule has 3 N–H and O–H groups in total. The van der Waals surface area contributed by atoms with Crippen LogP contribution in [0.25, 0.3) is 5.57 Å². The highest BCUT2D eigenvalue weighted by molar-refractivity contribution is 5.76. The van der Waals surface area contributed by atoms with Crippen LogP contribution in [0.1, 0.15) is 84.8 Å². The Hall–Kier alpha value is -1.40. The number of ether oxygens (including phenoxy) is 1. The molecule has 35 heavy (non-hydrogen) atoms. The number of anilines is 1. The average Bonchev–Trinajstić information content (AvgIpc) is 2.78. The second kappa shape index (κ2) is 9.81. The summed E-state index contributed by atoms with van der Waals surface area (Å²) in [6, 6.07) is 6.89. The third-order valence-corrected chi connectivity index (χ3v) is 9.20. The lowest BCUT2D eigenvalue weighted by Gasteiger charge is -2.59. The molecule has 5 nitrogen and oxygen atoms in total. The van der Waals surface area contributed by atoms with Gasteiger partial charge in [-0.25, -0.2) is 0 Å². The van der Waals surface area contributed by atoms with Gasteiger partial charge in [-0.05, 0) is 95.5 Å². The lowest BCUT2D eigenvalue weighted by molar-refractivity contribution is -0.0543. The zero-order valence-electron chi connectivity index (χ0n) is 23.5. The Labute approximate surface area is 214 Å². The van der Waals surface area contributed by atoms with Gasteiger partial charge < -0.3 is 15.8 Å². The predicted octanol–water partition coefficient (Wildman–Crippen LogP) is 5.26. The molecule has 2 saturated heterocycles. The van der Waals surface area contributed by atoms with Crippen LogP contribution in [0.15, 0.2) is 24.3 Å². The second-order valence-corrected chi connectivity index (χ2v) is 13.4. The normalized spacial score (nSPS) is 26.3. The molecule has 196 valence electrons. The first-order valence-electron chi connectivity index (χ1n) is 13.7. The standard InChI is InChI=1S/C30H50N4O/c1-27(2)12-10-23(11-13-27)25-20-24(8-9-26(25)31)30(32-14-15-34-16-18-35-19-17-34)21-28(3,4)33(7)29(5,6)22-30/h8-10,20,32H,11-19,21-22,31H2,1-7H3. The summed E-state index contributed by atoms with van der Waals surface area (Å²) in [5.41, 5.74) is 12.0. The minimum Gasteiger partial charge on any atom is -0.398 e. The van der Waals surface area contributed by atoms with E-state index in [9.17, 15) is 0 Å². The molecule has 0 unspecified atom stereocenters. The van der Waals surface area contributed by atoms with Crippen molar-refractivity contribution in [1.82, 2.24) is 15.1 Å². The first-order valence-corrected chi connectivity index (χ1v) is 13.7. The van der Waals surface area contributed by atoms with Crippen LogP contribution in [0.5, 0.6) is 0 Å². The number of nitrogens with two attached hydrogens (primary N) is 1. The maximum absolute atomic E-state index is 6.60. The summed E-state index contributed by atoms with van der Waals surface area (Å²) in [5, 5.41) is 4.12. The highest BCUT2D eigenvalue weighted by Gasteiger charge is 2.51. The third-order valence-electron chi connectivity index (χ3n) is 9.20. The number of nitrogen functional groups attached to an aromatic ring is 1. The monoisotopic (exact) mass is 482 g/mol. The van der Waals surface area contributed by atoms with Crippen molar-refractivity contribution in [2.45, 2.75) is 90.3 Å². The van der Waals surface area contributed by atoms with Crippen LogP contribution in [0.3, 0.4) is 0 Å². The van der Waals surface area contributed by atoms with Crippen LogP contribution in [-0.2, 0) is 10.3 Å². The van der Waals surface area contributed by atoms with Crippen molar-refractivity contribution < 1.29 is 4.74 Å². The van der Waals surface area contributed by atoms with Crippen molar-refractivity contribution in [3.63, 3.8) is 0 Å². The van der Waals surface area contributed by atoms with Crippen molar-refractivity contribution in [1.29, 1.82) is 0 Å². The van der Waals surface area contributed by atoms with Crippen LogP contribution in [0.2, 0.25) is 0 Å². The van der Waals surface area contributed by atoms with Gasteiger partial charge in [0.25, 0.3) is 0 Å². The van der Waals surface area contributed by atoms with Gasteiger partial charge in [0.1, 0.15) is 0 Å². The molecule has 0 atom stereocenters. The third kappa shape index (κ3) is 5.79. The fourth-order valence-corrected chi connectivity index (χ4v) is 6.76. The van der Waals surface area contributed by atoms with E-state index in [4.69, 9.17) is 10.5 Å². The Morgan fingerprint density at radius 2 is 1.66 bits per heavy atom.